The van der Waals surface area contributed by atoms with Crippen LogP contribution in [0.15, 0.2) is 79.1 Å². The first-order chi connectivity index (χ1) is 26.0. The zero-order valence-corrected chi connectivity index (χ0v) is 30.7. The third-order valence-electron chi connectivity index (χ3n) is 9.58. The average Bonchev–Trinajstić information content (AvgIpc) is 3.95. The highest BCUT2D eigenvalue weighted by Gasteiger charge is 2.27. The van der Waals surface area contributed by atoms with Crippen molar-refractivity contribution >= 4 is 55.0 Å². The van der Waals surface area contributed by atoms with Gasteiger partial charge in [-0.1, -0.05) is 47.7 Å². The van der Waals surface area contributed by atoms with E-state index in [4.69, 9.17) is 9.47 Å². The standard InChI is InChI=1S/C39H39N7O5S2/c47-36(43-38-41-32-7-1-2-8-33(32)52-38)30-6-3-5-27-14-15-45(25-31(27)30)39-42-35(37(48)49)34(53-39)9-4-20-51-29-12-10-26(11-13-29)28-23-40-46(24-28)17-16-44-18-21-50-22-19-44/h1-3,5-8,10-13,23-24H,4,9,14-22,25H2,(H,48,49)(H,41,43,47). The smallest absolute Gasteiger partial charge is 0.355 e. The van der Waals surface area contributed by atoms with Crippen LogP contribution in [0.1, 0.15) is 43.3 Å². The molecular weight excluding hydrogens is 711 g/mol. The van der Waals surface area contributed by atoms with E-state index in [0.717, 1.165) is 84.0 Å². The van der Waals surface area contributed by atoms with E-state index < -0.39 is 5.97 Å². The number of thiazole rings is 2. The van der Waals surface area contributed by atoms with Gasteiger partial charge in [0.05, 0.1) is 42.8 Å². The Labute approximate surface area is 314 Å². The van der Waals surface area contributed by atoms with Crippen LogP contribution >= 0.6 is 22.7 Å². The number of carbonyl (C=O) groups excluding carboxylic acids is 1. The first-order valence-electron chi connectivity index (χ1n) is 17.8. The molecule has 2 aliphatic heterocycles. The van der Waals surface area contributed by atoms with Crippen LogP contribution in [0.5, 0.6) is 5.75 Å². The summed E-state index contributed by atoms with van der Waals surface area (Å²) >= 11 is 2.84. The van der Waals surface area contributed by atoms with Gasteiger partial charge in [0.1, 0.15) is 5.75 Å². The Balaban J connectivity index is 0.862. The fraction of sp³-hybridized carbons (Fsp3) is 0.308. The summed E-state index contributed by atoms with van der Waals surface area (Å²) in [6.07, 6.45) is 5.85. The number of aryl methyl sites for hydroxylation is 1. The molecule has 2 aliphatic rings. The second-order valence-corrected chi connectivity index (χ2v) is 15.1. The summed E-state index contributed by atoms with van der Waals surface area (Å²) in [5, 5.41) is 18.7. The highest BCUT2D eigenvalue weighted by atomic mass is 32.1. The third kappa shape index (κ3) is 8.10. The summed E-state index contributed by atoms with van der Waals surface area (Å²) in [4.78, 5) is 40.0. The van der Waals surface area contributed by atoms with E-state index in [9.17, 15) is 14.7 Å². The number of carboxylic acid groups (broad SMARTS) is 1. The molecule has 0 saturated carbocycles. The minimum absolute atomic E-state index is 0.0764. The summed E-state index contributed by atoms with van der Waals surface area (Å²) in [6, 6.07) is 21.5. The molecule has 14 heteroatoms. The Morgan fingerprint density at radius 1 is 0.925 bits per heavy atom. The number of aromatic carboxylic acids is 1. The topological polar surface area (TPSA) is 135 Å². The molecule has 12 nitrogen and oxygen atoms in total. The van der Waals surface area contributed by atoms with E-state index in [2.05, 4.69) is 36.4 Å². The number of morpholine rings is 1. The number of nitrogens with one attached hydrogen (secondary N) is 1. The number of fused-ring (bicyclic) bond motifs is 2. The fourth-order valence-electron chi connectivity index (χ4n) is 6.73. The molecule has 5 heterocycles. The number of nitrogens with zero attached hydrogens (tertiary/aromatic N) is 6. The number of hydrogen-bond acceptors (Lipinski definition) is 11. The molecule has 1 fully saturated rings. The van der Waals surface area contributed by atoms with Gasteiger partial charge in [0.15, 0.2) is 16.0 Å². The Kier molecular flexibility index (Phi) is 10.4. The molecule has 1 saturated heterocycles. The maximum Gasteiger partial charge on any atom is 0.355 e. The third-order valence-corrected chi connectivity index (χ3v) is 11.7. The number of benzene rings is 3. The van der Waals surface area contributed by atoms with E-state index in [1.54, 1.807) is 0 Å². The lowest BCUT2D eigenvalue weighted by Crippen LogP contribution is -2.38. The van der Waals surface area contributed by atoms with Gasteiger partial charge in [-0.25, -0.2) is 14.8 Å². The number of carboxylic acids is 1. The van der Waals surface area contributed by atoms with Crippen LogP contribution < -0.4 is 15.0 Å². The van der Waals surface area contributed by atoms with Gasteiger partial charge in [-0.2, -0.15) is 5.10 Å². The van der Waals surface area contributed by atoms with Crippen molar-refractivity contribution in [1.82, 2.24) is 24.6 Å². The quantitative estimate of drug-likeness (QED) is 0.127. The van der Waals surface area contributed by atoms with Gasteiger partial charge in [-0.05, 0) is 66.3 Å². The van der Waals surface area contributed by atoms with Gasteiger partial charge in [0, 0.05) is 54.9 Å². The zero-order valence-electron chi connectivity index (χ0n) is 29.1. The number of rotatable bonds is 13. The van der Waals surface area contributed by atoms with Crippen LogP contribution in [-0.4, -0.2) is 87.6 Å². The molecule has 0 bridgehead atoms. The lowest BCUT2D eigenvalue weighted by Gasteiger charge is -2.29. The summed E-state index contributed by atoms with van der Waals surface area (Å²) < 4.78 is 14.5. The van der Waals surface area contributed by atoms with Crippen LogP contribution in [-0.2, 0) is 30.7 Å². The number of amides is 1. The highest BCUT2D eigenvalue weighted by molar-refractivity contribution is 7.22. The first-order valence-corrected chi connectivity index (χ1v) is 19.4. The summed E-state index contributed by atoms with van der Waals surface area (Å²) in [7, 11) is 0. The molecular formula is C39H39N7O5S2. The van der Waals surface area contributed by atoms with Gasteiger partial charge < -0.3 is 19.5 Å². The molecule has 0 spiro atoms. The molecule has 53 heavy (non-hydrogen) atoms. The molecule has 1 amide bonds. The zero-order chi connectivity index (χ0) is 36.1. The minimum Gasteiger partial charge on any atom is -0.494 e. The second-order valence-electron chi connectivity index (χ2n) is 13.1. The van der Waals surface area contributed by atoms with Crippen LogP contribution in [0.25, 0.3) is 21.3 Å². The predicted octanol–water partition coefficient (Wildman–Crippen LogP) is 6.47. The van der Waals surface area contributed by atoms with Crippen molar-refractivity contribution in [3.63, 3.8) is 0 Å². The van der Waals surface area contributed by atoms with E-state index in [1.165, 1.54) is 22.7 Å². The van der Waals surface area contributed by atoms with E-state index in [1.807, 2.05) is 77.6 Å². The van der Waals surface area contributed by atoms with Crippen molar-refractivity contribution in [2.75, 3.05) is 56.2 Å². The maximum absolute atomic E-state index is 13.5. The maximum atomic E-state index is 13.5. The monoisotopic (exact) mass is 749 g/mol. The molecule has 2 N–H and O–H groups in total. The van der Waals surface area contributed by atoms with E-state index >= 15 is 0 Å². The molecule has 3 aromatic carbocycles. The van der Waals surface area contributed by atoms with Crippen molar-refractivity contribution in [1.29, 1.82) is 0 Å². The van der Waals surface area contributed by atoms with Crippen LogP contribution in [0, 0.1) is 0 Å². The number of para-hydroxylation sites is 1. The van der Waals surface area contributed by atoms with E-state index in [-0.39, 0.29) is 11.6 Å². The summed E-state index contributed by atoms with van der Waals surface area (Å²) in [5.41, 5.74) is 5.66. The normalized spacial score (nSPS) is 14.7. The Hall–Kier alpha value is -5.15. The van der Waals surface area contributed by atoms with Crippen molar-refractivity contribution in [2.45, 2.75) is 32.4 Å². The summed E-state index contributed by atoms with van der Waals surface area (Å²) in [5.74, 6) is -0.502. The Morgan fingerprint density at radius 3 is 2.60 bits per heavy atom. The van der Waals surface area contributed by atoms with Crippen LogP contribution in [0.4, 0.5) is 10.3 Å². The number of carbonyl (C=O) groups is 2. The molecule has 0 unspecified atom stereocenters. The largest absolute Gasteiger partial charge is 0.494 e. The van der Waals surface area contributed by atoms with Crippen molar-refractivity contribution in [3.05, 3.63) is 106 Å². The Bertz CT molecular complexity index is 2190. The van der Waals surface area contributed by atoms with Gasteiger partial charge in [-0.15, -0.1) is 11.3 Å². The molecule has 0 atom stereocenters. The number of hydrogen-bond donors (Lipinski definition) is 2. The highest BCUT2D eigenvalue weighted by Crippen LogP contribution is 2.33. The van der Waals surface area contributed by atoms with Crippen LogP contribution in [0.2, 0.25) is 0 Å². The molecule has 0 aliphatic carbocycles. The average molecular weight is 750 g/mol. The molecule has 272 valence electrons. The van der Waals surface area contributed by atoms with Crippen molar-refractivity contribution < 1.29 is 24.2 Å². The fourth-order valence-corrected chi connectivity index (χ4v) is 8.71. The minimum atomic E-state index is -1.04. The van der Waals surface area contributed by atoms with Crippen molar-refractivity contribution in [2.24, 2.45) is 0 Å². The lowest BCUT2D eigenvalue weighted by molar-refractivity contribution is 0.0360. The number of anilines is 2. The van der Waals surface area contributed by atoms with Gasteiger partial charge >= 0.3 is 5.97 Å². The molecule has 8 rings (SSSR count). The first kappa shape index (κ1) is 34.9. The van der Waals surface area contributed by atoms with Gasteiger partial charge in [-0.3, -0.25) is 19.7 Å². The number of aromatic nitrogens is 4. The summed E-state index contributed by atoms with van der Waals surface area (Å²) in [6.45, 7) is 6.88. The van der Waals surface area contributed by atoms with Gasteiger partial charge in [0.2, 0.25) is 0 Å². The second kappa shape index (κ2) is 15.8. The molecule has 3 aromatic heterocycles. The Morgan fingerprint density at radius 2 is 1.77 bits per heavy atom. The predicted molar refractivity (Wildman–Crippen MR) is 207 cm³/mol. The van der Waals surface area contributed by atoms with Crippen molar-refractivity contribution in [3.8, 4) is 16.9 Å². The van der Waals surface area contributed by atoms with Gasteiger partial charge in [0.25, 0.3) is 5.91 Å². The molecule has 0 radical (unpaired) electrons. The molecule has 6 aromatic rings. The lowest BCUT2D eigenvalue weighted by atomic mass is 9.94. The van der Waals surface area contributed by atoms with E-state index in [0.29, 0.717) is 53.2 Å². The van der Waals surface area contributed by atoms with Crippen LogP contribution in [0.3, 0.4) is 0 Å². The SMILES string of the molecule is O=C(Nc1nc2ccccc2s1)c1cccc2c1CN(c1nc(C(=O)O)c(CCCOc3ccc(-c4cnn(CCN5CCOCC5)c4)cc3)s1)CC2. The number of ether oxygens (including phenoxy) is 2.